The standard InChI is InChI=1S/C20H27N3/c1-4-19(14-21-9-1)17-7-11-23(12-8-17)15-16-5-6-18-3-2-10-22-20(18)13-16/h2-3,5-6,10,13,17,19,21H,1,4,7-9,11-12,14-15H2. The topological polar surface area (TPSA) is 28.2 Å². The van der Waals surface area contributed by atoms with Crippen molar-refractivity contribution in [3.63, 3.8) is 0 Å². The van der Waals surface area contributed by atoms with Gasteiger partial charge in [-0.2, -0.15) is 0 Å². The van der Waals surface area contributed by atoms with Crippen molar-refractivity contribution in [3.05, 3.63) is 42.1 Å². The first-order chi connectivity index (χ1) is 11.4. The summed E-state index contributed by atoms with van der Waals surface area (Å²) >= 11 is 0. The lowest BCUT2D eigenvalue weighted by Gasteiger charge is -2.37. The van der Waals surface area contributed by atoms with Gasteiger partial charge in [-0.15, -0.1) is 0 Å². The molecule has 3 nitrogen and oxygen atoms in total. The van der Waals surface area contributed by atoms with Gasteiger partial charge in [0.25, 0.3) is 0 Å². The fourth-order valence-corrected chi connectivity index (χ4v) is 4.33. The molecule has 1 N–H and O–H groups in total. The van der Waals surface area contributed by atoms with Crippen LogP contribution < -0.4 is 5.32 Å². The molecule has 3 heterocycles. The quantitative estimate of drug-likeness (QED) is 0.941. The van der Waals surface area contributed by atoms with Gasteiger partial charge in [0.15, 0.2) is 0 Å². The Balaban J connectivity index is 1.34. The second-order valence-electron chi connectivity index (χ2n) is 7.25. The largest absolute Gasteiger partial charge is 0.316 e. The second-order valence-corrected chi connectivity index (χ2v) is 7.25. The molecule has 1 atom stereocenters. The van der Waals surface area contributed by atoms with Gasteiger partial charge in [-0.25, -0.2) is 0 Å². The summed E-state index contributed by atoms with van der Waals surface area (Å²) in [7, 11) is 0. The number of likely N-dealkylation sites (tertiary alicyclic amines) is 1. The maximum absolute atomic E-state index is 4.48. The highest BCUT2D eigenvalue weighted by atomic mass is 15.1. The highest BCUT2D eigenvalue weighted by molar-refractivity contribution is 5.78. The van der Waals surface area contributed by atoms with Gasteiger partial charge >= 0.3 is 0 Å². The summed E-state index contributed by atoms with van der Waals surface area (Å²) in [5.41, 5.74) is 2.52. The zero-order valence-electron chi connectivity index (χ0n) is 13.9. The van der Waals surface area contributed by atoms with E-state index in [2.05, 4.69) is 39.5 Å². The molecule has 2 aliphatic rings. The third-order valence-corrected chi connectivity index (χ3v) is 5.71. The minimum Gasteiger partial charge on any atom is -0.316 e. The van der Waals surface area contributed by atoms with E-state index in [-0.39, 0.29) is 0 Å². The number of rotatable bonds is 3. The predicted octanol–water partition coefficient (Wildman–Crippen LogP) is 3.45. The summed E-state index contributed by atoms with van der Waals surface area (Å²) in [6.07, 6.45) is 7.44. The van der Waals surface area contributed by atoms with Crippen LogP contribution in [0, 0.1) is 11.8 Å². The smallest absolute Gasteiger partial charge is 0.0705 e. The third kappa shape index (κ3) is 3.56. The van der Waals surface area contributed by atoms with E-state index in [1.165, 1.54) is 62.8 Å². The van der Waals surface area contributed by atoms with Gasteiger partial charge in [-0.1, -0.05) is 18.2 Å². The molecular formula is C20H27N3. The molecule has 1 unspecified atom stereocenters. The van der Waals surface area contributed by atoms with Gasteiger partial charge in [0, 0.05) is 18.1 Å². The monoisotopic (exact) mass is 309 g/mol. The number of benzene rings is 1. The minimum absolute atomic E-state index is 0.927. The van der Waals surface area contributed by atoms with Crippen molar-refractivity contribution in [2.24, 2.45) is 11.8 Å². The lowest BCUT2D eigenvalue weighted by atomic mass is 9.80. The molecule has 2 aromatic rings. The Morgan fingerprint density at radius 3 is 2.83 bits per heavy atom. The number of fused-ring (bicyclic) bond motifs is 1. The van der Waals surface area contributed by atoms with Crippen LogP contribution in [-0.4, -0.2) is 36.1 Å². The zero-order valence-corrected chi connectivity index (χ0v) is 13.9. The van der Waals surface area contributed by atoms with Gasteiger partial charge < -0.3 is 5.32 Å². The van der Waals surface area contributed by atoms with Gasteiger partial charge in [-0.05, 0) is 81.4 Å². The maximum Gasteiger partial charge on any atom is 0.0705 e. The summed E-state index contributed by atoms with van der Waals surface area (Å²) in [6, 6.07) is 10.9. The van der Waals surface area contributed by atoms with Crippen molar-refractivity contribution in [1.29, 1.82) is 0 Å². The van der Waals surface area contributed by atoms with Crippen molar-refractivity contribution in [1.82, 2.24) is 15.2 Å². The summed E-state index contributed by atoms with van der Waals surface area (Å²) < 4.78 is 0. The van der Waals surface area contributed by atoms with Gasteiger partial charge in [0.05, 0.1) is 5.52 Å². The molecule has 1 aromatic heterocycles. The Bertz CT molecular complexity index is 640. The SMILES string of the molecule is c1cnc2cc(CN3CCC(C4CCCNC4)CC3)ccc2c1. The van der Waals surface area contributed by atoms with Gasteiger partial charge in [0.1, 0.15) is 0 Å². The summed E-state index contributed by atoms with van der Waals surface area (Å²) in [6.45, 7) is 6.05. The summed E-state index contributed by atoms with van der Waals surface area (Å²) in [5, 5.41) is 4.82. The van der Waals surface area contributed by atoms with Crippen LogP contribution in [0.5, 0.6) is 0 Å². The number of pyridine rings is 1. The fourth-order valence-electron chi connectivity index (χ4n) is 4.33. The number of nitrogens with zero attached hydrogens (tertiary/aromatic N) is 2. The lowest BCUT2D eigenvalue weighted by Crippen LogP contribution is -2.40. The van der Waals surface area contributed by atoms with Crippen LogP contribution in [0.2, 0.25) is 0 Å². The number of hydrogen-bond donors (Lipinski definition) is 1. The molecule has 4 rings (SSSR count). The van der Waals surface area contributed by atoms with Crippen LogP contribution in [0.25, 0.3) is 10.9 Å². The molecule has 0 spiro atoms. The molecule has 0 bridgehead atoms. The molecule has 0 aliphatic carbocycles. The van der Waals surface area contributed by atoms with Crippen molar-refractivity contribution in [2.45, 2.75) is 32.2 Å². The van der Waals surface area contributed by atoms with E-state index in [4.69, 9.17) is 0 Å². The lowest BCUT2D eigenvalue weighted by molar-refractivity contribution is 0.128. The van der Waals surface area contributed by atoms with Crippen LogP contribution in [0.4, 0.5) is 0 Å². The van der Waals surface area contributed by atoms with E-state index in [9.17, 15) is 0 Å². The van der Waals surface area contributed by atoms with Crippen molar-refractivity contribution < 1.29 is 0 Å². The third-order valence-electron chi connectivity index (χ3n) is 5.71. The van der Waals surface area contributed by atoms with E-state index >= 15 is 0 Å². The Kier molecular flexibility index (Phi) is 4.58. The molecule has 0 radical (unpaired) electrons. The van der Waals surface area contributed by atoms with Crippen molar-refractivity contribution in [3.8, 4) is 0 Å². The average Bonchev–Trinajstić information content (AvgIpc) is 2.63. The molecule has 1 aromatic carbocycles. The minimum atomic E-state index is 0.927. The molecule has 2 fully saturated rings. The van der Waals surface area contributed by atoms with E-state index in [1.807, 2.05) is 12.3 Å². The molecule has 2 aliphatic heterocycles. The van der Waals surface area contributed by atoms with E-state index < -0.39 is 0 Å². The Hall–Kier alpha value is -1.45. The molecule has 122 valence electrons. The van der Waals surface area contributed by atoms with E-state index in [0.29, 0.717) is 0 Å². The molecule has 3 heteroatoms. The van der Waals surface area contributed by atoms with E-state index in [0.717, 1.165) is 23.9 Å². The molecule has 0 saturated carbocycles. The number of piperidine rings is 2. The summed E-state index contributed by atoms with van der Waals surface area (Å²) in [5.74, 6) is 1.87. The molecule has 23 heavy (non-hydrogen) atoms. The number of hydrogen-bond acceptors (Lipinski definition) is 3. The van der Waals surface area contributed by atoms with Crippen molar-refractivity contribution >= 4 is 10.9 Å². The first-order valence-electron chi connectivity index (χ1n) is 9.15. The summed E-state index contributed by atoms with van der Waals surface area (Å²) in [4.78, 5) is 7.10. The number of nitrogens with one attached hydrogen (secondary N) is 1. The first kappa shape index (κ1) is 15.1. The highest BCUT2D eigenvalue weighted by Crippen LogP contribution is 2.30. The van der Waals surface area contributed by atoms with Crippen molar-refractivity contribution in [2.75, 3.05) is 26.2 Å². The Morgan fingerprint density at radius 1 is 1.09 bits per heavy atom. The zero-order chi connectivity index (χ0) is 15.5. The molecule has 0 amide bonds. The molecule has 2 saturated heterocycles. The van der Waals surface area contributed by atoms with E-state index in [1.54, 1.807) is 0 Å². The van der Waals surface area contributed by atoms with Crippen LogP contribution >= 0.6 is 0 Å². The highest BCUT2D eigenvalue weighted by Gasteiger charge is 2.27. The average molecular weight is 309 g/mol. The first-order valence-corrected chi connectivity index (χ1v) is 9.15. The number of aromatic nitrogens is 1. The Morgan fingerprint density at radius 2 is 2.00 bits per heavy atom. The normalized spacial score (nSPS) is 24.1. The van der Waals surface area contributed by atoms with Crippen LogP contribution in [0.15, 0.2) is 36.5 Å². The van der Waals surface area contributed by atoms with Gasteiger partial charge in [-0.3, -0.25) is 9.88 Å². The predicted molar refractivity (Wildman–Crippen MR) is 95.3 cm³/mol. The van der Waals surface area contributed by atoms with Crippen LogP contribution in [-0.2, 0) is 6.54 Å². The van der Waals surface area contributed by atoms with Gasteiger partial charge in [0.2, 0.25) is 0 Å². The Labute approximate surface area is 139 Å². The van der Waals surface area contributed by atoms with Crippen LogP contribution in [0.3, 0.4) is 0 Å². The molecular weight excluding hydrogens is 282 g/mol. The van der Waals surface area contributed by atoms with Crippen LogP contribution in [0.1, 0.15) is 31.2 Å². The maximum atomic E-state index is 4.48. The fraction of sp³-hybridized carbons (Fsp3) is 0.550. The second kappa shape index (κ2) is 6.98.